The maximum Gasteiger partial charge on any atom is 0.363 e. The minimum absolute atomic E-state index is 0.0305. The smallest absolute Gasteiger partial charge is 0.363 e. The fourth-order valence-electron chi connectivity index (χ4n) is 2.80. The maximum absolute atomic E-state index is 12.2. The fraction of sp³-hybridized carbons (Fsp3) is 0.263. The fourth-order valence-corrected chi connectivity index (χ4v) is 2.97. The first-order chi connectivity index (χ1) is 11.9. The Labute approximate surface area is 151 Å². The van der Waals surface area contributed by atoms with E-state index in [0.717, 1.165) is 16.8 Å². The number of hydrogen-bond acceptors (Lipinski definition) is 5. The number of aliphatic imine (C=N–C) groups is 1. The molecule has 1 heterocycles. The molecule has 2 aromatic carbocycles. The summed E-state index contributed by atoms with van der Waals surface area (Å²) in [5.41, 5.74) is 0.592. The van der Waals surface area contributed by atoms with Crippen LogP contribution in [0.1, 0.15) is 18.1 Å². The van der Waals surface area contributed by atoms with Crippen molar-refractivity contribution in [2.45, 2.75) is 19.6 Å². The summed E-state index contributed by atoms with van der Waals surface area (Å²) in [5.74, 6) is -0.257. The summed E-state index contributed by atoms with van der Waals surface area (Å²) < 4.78 is 5.00. The van der Waals surface area contributed by atoms with E-state index in [9.17, 15) is 9.90 Å². The number of halogens is 1. The molecular formula is C19H19ClN2O3. The monoisotopic (exact) mass is 358 g/mol. The van der Waals surface area contributed by atoms with Crippen LogP contribution in [-0.2, 0) is 9.53 Å². The lowest BCUT2D eigenvalue weighted by Crippen LogP contribution is -2.44. The first kappa shape index (κ1) is 17.5. The average Bonchev–Trinajstić information content (AvgIpc) is 2.97. The van der Waals surface area contributed by atoms with Crippen LogP contribution in [0.3, 0.4) is 0 Å². The molecule has 1 aliphatic rings. The van der Waals surface area contributed by atoms with Gasteiger partial charge in [-0.3, -0.25) is 0 Å². The number of nitrogens with zero attached hydrogens (tertiary/aromatic N) is 2. The van der Waals surface area contributed by atoms with Crippen molar-refractivity contribution in [1.82, 2.24) is 0 Å². The lowest BCUT2D eigenvalue weighted by atomic mass is 10.1. The molecule has 0 amide bonds. The number of aryl methyl sites for hydroxylation is 1. The molecule has 0 aliphatic carbocycles. The van der Waals surface area contributed by atoms with Crippen molar-refractivity contribution in [2.75, 3.05) is 18.1 Å². The number of carbonyl (C=O) groups is 1. The van der Waals surface area contributed by atoms with Crippen LogP contribution in [0, 0.1) is 6.92 Å². The van der Waals surface area contributed by atoms with Gasteiger partial charge in [0.25, 0.3) is 5.72 Å². The Morgan fingerprint density at radius 3 is 2.72 bits per heavy atom. The van der Waals surface area contributed by atoms with E-state index in [1.807, 2.05) is 43.3 Å². The van der Waals surface area contributed by atoms with E-state index in [4.69, 9.17) is 16.3 Å². The van der Waals surface area contributed by atoms with Gasteiger partial charge in [0.15, 0.2) is 0 Å². The third-order valence-corrected chi connectivity index (χ3v) is 4.26. The summed E-state index contributed by atoms with van der Waals surface area (Å²) in [7, 11) is 0. The first-order valence-corrected chi connectivity index (χ1v) is 8.41. The second-order valence-electron chi connectivity index (χ2n) is 5.86. The van der Waals surface area contributed by atoms with E-state index in [0.29, 0.717) is 10.9 Å². The molecule has 0 aromatic heterocycles. The molecule has 5 nitrogen and oxygen atoms in total. The molecule has 0 saturated heterocycles. The van der Waals surface area contributed by atoms with Gasteiger partial charge in [0.1, 0.15) is 5.84 Å². The quantitative estimate of drug-likeness (QED) is 0.853. The molecule has 130 valence electrons. The predicted molar refractivity (Wildman–Crippen MR) is 98.1 cm³/mol. The molecule has 0 radical (unpaired) electrons. The Hall–Kier alpha value is -2.37. The van der Waals surface area contributed by atoms with Crippen molar-refractivity contribution >= 4 is 29.1 Å². The van der Waals surface area contributed by atoms with E-state index in [2.05, 4.69) is 4.99 Å². The lowest BCUT2D eigenvalue weighted by molar-refractivity contribution is -0.162. The second kappa shape index (κ2) is 6.86. The molecule has 6 heteroatoms. The highest BCUT2D eigenvalue weighted by Gasteiger charge is 2.46. The van der Waals surface area contributed by atoms with Gasteiger partial charge in [-0.2, -0.15) is 0 Å². The molecule has 0 bridgehead atoms. The Bertz CT molecular complexity index is 823. The van der Waals surface area contributed by atoms with E-state index >= 15 is 0 Å². The zero-order valence-electron chi connectivity index (χ0n) is 14.1. The Kier molecular flexibility index (Phi) is 4.79. The van der Waals surface area contributed by atoms with E-state index in [-0.39, 0.29) is 13.2 Å². The molecule has 2 aromatic rings. The zero-order chi connectivity index (χ0) is 18.0. The SMILES string of the molecule is CCOC(=O)C1(O)CN(c2cc(Cl)ccc2C)C(c2ccccc2)=N1. The number of aliphatic hydroxyl groups is 1. The van der Waals surface area contributed by atoms with Gasteiger partial charge in [-0.1, -0.05) is 48.0 Å². The second-order valence-corrected chi connectivity index (χ2v) is 6.29. The van der Waals surface area contributed by atoms with Gasteiger partial charge in [-0.25, -0.2) is 9.79 Å². The molecule has 3 rings (SSSR count). The number of hydrogen-bond donors (Lipinski definition) is 1. The van der Waals surface area contributed by atoms with Crippen LogP contribution in [-0.4, -0.2) is 35.8 Å². The van der Waals surface area contributed by atoms with E-state index < -0.39 is 11.7 Å². The Morgan fingerprint density at radius 2 is 2.04 bits per heavy atom. The van der Waals surface area contributed by atoms with Crippen LogP contribution in [0.2, 0.25) is 5.02 Å². The number of anilines is 1. The summed E-state index contributed by atoms with van der Waals surface area (Å²) in [6.07, 6.45) is 0. The number of benzene rings is 2. The van der Waals surface area contributed by atoms with Gasteiger partial charge in [-0.05, 0) is 31.5 Å². The molecule has 1 unspecified atom stereocenters. The maximum atomic E-state index is 12.2. The molecule has 0 saturated carbocycles. The summed E-state index contributed by atoms with van der Waals surface area (Å²) in [5, 5.41) is 11.3. The number of amidine groups is 1. The van der Waals surface area contributed by atoms with E-state index in [1.165, 1.54) is 0 Å². The van der Waals surface area contributed by atoms with Crippen molar-refractivity contribution in [2.24, 2.45) is 4.99 Å². The van der Waals surface area contributed by atoms with Crippen LogP contribution in [0.5, 0.6) is 0 Å². The molecule has 1 N–H and O–H groups in total. The zero-order valence-corrected chi connectivity index (χ0v) is 14.8. The van der Waals surface area contributed by atoms with Crippen molar-refractivity contribution in [3.8, 4) is 0 Å². The van der Waals surface area contributed by atoms with Crippen molar-refractivity contribution < 1.29 is 14.6 Å². The molecule has 0 fully saturated rings. The normalized spacial score (nSPS) is 19.7. The van der Waals surface area contributed by atoms with Gasteiger partial charge in [0, 0.05) is 16.3 Å². The number of ether oxygens (including phenoxy) is 1. The number of rotatable bonds is 4. The molecule has 25 heavy (non-hydrogen) atoms. The Balaban J connectivity index is 2.10. The largest absolute Gasteiger partial charge is 0.462 e. The van der Waals surface area contributed by atoms with Crippen LogP contribution in [0.25, 0.3) is 0 Å². The molecule has 1 atom stereocenters. The van der Waals surface area contributed by atoms with Crippen LogP contribution in [0.15, 0.2) is 53.5 Å². The van der Waals surface area contributed by atoms with Crippen LogP contribution >= 0.6 is 11.6 Å². The van der Waals surface area contributed by atoms with Crippen molar-refractivity contribution in [3.63, 3.8) is 0 Å². The van der Waals surface area contributed by atoms with Gasteiger partial charge < -0.3 is 14.7 Å². The topological polar surface area (TPSA) is 62.1 Å². The minimum Gasteiger partial charge on any atom is -0.462 e. The molecule has 1 aliphatic heterocycles. The van der Waals surface area contributed by atoms with Gasteiger partial charge in [-0.15, -0.1) is 0 Å². The third-order valence-electron chi connectivity index (χ3n) is 4.02. The highest BCUT2D eigenvalue weighted by atomic mass is 35.5. The number of β-amino-alcohol motifs (C(OH)–C–C–N with tert-alkyl or cyclic N) is 1. The first-order valence-electron chi connectivity index (χ1n) is 8.03. The predicted octanol–water partition coefficient (Wildman–Crippen LogP) is 3.17. The highest BCUT2D eigenvalue weighted by Crippen LogP contribution is 2.32. The van der Waals surface area contributed by atoms with E-state index in [1.54, 1.807) is 24.0 Å². The van der Waals surface area contributed by atoms with Crippen LogP contribution in [0.4, 0.5) is 5.69 Å². The summed E-state index contributed by atoms with van der Waals surface area (Å²) in [6.45, 7) is 3.78. The summed E-state index contributed by atoms with van der Waals surface area (Å²) in [6, 6.07) is 14.9. The third kappa shape index (κ3) is 3.38. The lowest BCUT2D eigenvalue weighted by Gasteiger charge is -2.25. The highest BCUT2D eigenvalue weighted by molar-refractivity contribution is 6.31. The molecule has 0 spiro atoms. The van der Waals surface area contributed by atoms with Crippen LogP contribution < -0.4 is 4.90 Å². The minimum atomic E-state index is -1.95. The van der Waals surface area contributed by atoms with Crippen molar-refractivity contribution in [3.05, 3.63) is 64.7 Å². The Morgan fingerprint density at radius 1 is 1.32 bits per heavy atom. The van der Waals surface area contributed by atoms with Gasteiger partial charge >= 0.3 is 5.97 Å². The van der Waals surface area contributed by atoms with Gasteiger partial charge in [0.2, 0.25) is 0 Å². The number of esters is 1. The van der Waals surface area contributed by atoms with Gasteiger partial charge in [0.05, 0.1) is 13.2 Å². The number of carbonyl (C=O) groups excluding carboxylic acids is 1. The standard InChI is InChI=1S/C19H19ClN2O3/c1-3-25-18(23)19(24)12-22(16-11-15(20)10-9-13(16)2)17(21-19)14-7-5-4-6-8-14/h4-11,24H,3,12H2,1-2H3. The van der Waals surface area contributed by atoms with Crippen molar-refractivity contribution in [1.29, 1.82) is 0 Å². The average molecular weight is 359 g/mol. The summed E-state index contributed by atoms with van der Waals surface area (Å²) >= 11 is 6.15. The molecular weight excluding hydrogens is 340 g/mol. The summed E-state index contributed by atoms with van der Waals surface area (Å²) in [4.78, 5) is 18.4.